The van der Waals surface area contributed by atoms with E-state index in [0.29, 0.717) is 19.6 Å². The molecule has 0 fully saturated rings. The van der Waals surface area contributed by atoms with Crippen LogP contribution in [0.3, 0.4) is 0 Å². The minimum atomic E-state index is -0.324. The largest absolute Gasteiger partial charge is 0.349 e. The van der Waals surface area contributed by atoms with Crippen molar-refractivity contribution in [3.05, 3.63) is 0 Å². The van der Waals surface area contributed by atoms with Gasteiger partial charge in [-0.25, -0.2) is 0 Å². The Hall–Kier alpha value is -0.810. The fourth-order valence-corrected chi connectivity index (χ4v) is 2.08. The molecule has 0 saturated carbocycles. The molecular weight excluding hydrogens is 278 g/mol. The van der Waals surface area contributed by atoms with Gasteiger partial charge in [-0.15, -0.1) is 12.4 Å². The Labute approximate surface area is 129 Å². The van der Waals surface area contributed by atoms with Gasteiger partial charge in [-0.05, 0) is 26.7 Å². The molecule has 0 atom stereocenters. The molecule has 0 saturated heterocycles. The zero-order valence-corrected chi connectivity index (χ0v) is 14.0. The SMILES string of the molecule is CCN(CC)C(=O)CCC(=O)NC(CC)(CC)CN.Cl. The Balaban J connectivity index is 0. The molecule has 3 N–H and O–H groups in total. The van der Waals surface area contributed by atoms with Crippen molar-refractivity contribution >= 4 is 24.2 Å². The van der Waals surface area contributed by atoms with E-state index >= 15 is 0 Å². The van der Waals surface area contributed by atoms with Gasteiger partial charge >= 0.3 is 0 Å². The highest BCUT2D eigenvalue weighted by Crippen LogP contribution is 2.13. The van der Waals surface area contributed by atoms with Crippen LogP contribution in [-0.2, 0) is 9.59 Å². The highest BCUT2D eigenvalue weighted by Gasteiger charge is 2.26. The van der Waals surface area contributed by atoms with E-state index in [9.17, 15) is 9.59 Å². The quantitative estimate of drug-likeness (QED) is 0.680. The Morgan fingerprint density at radius 2 is 1.55 bits per heavy atom. The lowest BCUT2D eigenvalue weighted by Gasteiger charge is -2.31. The monoisotopic (exact) mass is 307 g/mol. The molecular formula is C14H30ClN3O2. The van der Waals surface area contributed by atoms with Crippen LogP contribution in [0.4, 0.5) is 0 Å². The van der Waals surface area contributed by atoms with Crippen molar-refractivity contribution in [2.45, 2.75) is 58.9 Å². The zero-order valence-electron chi connectivity index (χ0n) is 13.2. The summed E-state index contributed by atoms with van der Waals surface area (Å²) in [6, 6.07) is 0. The lowest BCUT2D eigenvalue weighted by molar-refractivity contribution is -0.133. The number of carbonyl (C=O) groups is 2. The highest BCUT2D eigenvalue weighted by atomic mass is 35.5. The lowest BCUT2D eigenvalue weighted by atomic mass is 9.92. The van der Waals surface area contributed by atoms with Crippen LogP contribution in [0.5, 0.6) is 0 Å². The Morgan fingerprint density at radius 1 is 1.05 bits per heavy atom. The number of hydrogen-bond donors (Lipinski definition) is 2. The summed E-state index contributed by atoms with van der Waals surface area (Å²) < 4.78 is 0. The summed E-state index contributed by atoms with van der Waals surface area (Å²) in [4.78, 5) is 25.4. The van der Waals surface area contributed by atoms with Gasteiger partial charge in [-0.1, -0.05) is 13.8 Å². The van der Waals surface area contributed by atoms with E-state index in [1.165, 1.54) is 0 Å². The smallest absolute Gasteiger partial charge is 0.223 e. The fourth-order valence-electron chi connectivity index (χ4n) is 2.08. The molecule has 0 heterocycles. The molecule has 0 bridgehead atoms. The van der Waals surface area contributed by atoms with E-state index in [0.717, 1.165) is 12.8 Å². The predicted octanol–water partition coefficient (Wildman–Crippen LogP) is 1.69. The second-order valence-electron chi connectivity index (χ2n) is 4.81. The Kier molecular flexibility index (Phi) is 11.7. The van der Waals surface area contributed by atoms with Crippen molar-refractivity contribution in [2.75, 3.05) is 19.6 Å². The van der Waals surface area contributed by atoms with Gasteiger partial charge < -0.3 is 16.0 Å². The summed E-state index contributed by atoms with van der Waals surface area (Å²) in [7, 11) is 0. The first-order valence-electron chi connectivity index (χ1n) is 7.27. The number of halogens is 1. The summed E-state index contributed by atoms with van der Waals surface area (Å²) in [5.74, 6) is -0.0545. The first kappa shape index (κ1) is 21.5. The normalized spacial score (nSPS) is 10.7. The van der Waals surface area contributed by atoms with Crippen LogP contribution < -0.4 is 11.1 Å². The maximum absolute atomic E-state index is 11.9. The summed E-state index contributed by atoms with van der Waals surface area (Å²) in [5.41, 5.74) is 5.41. The number of carbonyl (C=O) groups excluding carboxylic acids is 2. The standard InChI is InChI=1S/C14H29N3O2.ClH/c1-5-14(6-2,11-15)16-12(18)9-10-13(19)17(7-3)8-4;/h5-11,15H2,1-4H3,(H,16,18);1H. The lowest BCUT2D eigenvalue weighted by Crippen LogP contribution is -2.53. The van der Waals surface area contributed by atoms with Gasteiger partial charge in [0.25, 0.3) is 0 Å². The maximum atomic E-state index is 11.9. The molecule has 5 nitrogen and oxygen atoms in total. The number of rotatable bonds is 9. The first-order chi connectivity index (χ1) is 8.98. The van der Waals surface area contributed by atoms with Gasteiger partial charge in [-0.2, -0.15) is 0 Å². The van der Waals surface area contributed by atoms with Gasteiger partial charge in [0.2, 0.25) is 11.8 Å². The van der Waals surface area contributed by atoms with E-state index in [2.05, 4.69) is 5.32 Å². The maximum Gasteiger partial charge on any atom is 0.223 e. The minimum Gasteiger partial charge on any atom is -0.349 e. The van der Waals surface area contributed by atoms with Gasteiger partial charge in [0, 0.05) is 32.5 Å². The third-order valence-electron chi connectivity index (χ3n) is 3.83. The van der Waals surface area contributed by atoms with Crippen molar-refractivity contribution in [3.63, 3.8) is 0 Å². The number of nitrogens with two attached hydrogens (primary N) is 1. The molecule has 0 aromatic heterocycles. The number of nitrogens with one attached hydrogen (secondary N) is 1. The molecule has 20 heavy (non-hydrogen) atoms. The number of amides is 2. The van der Waals surface area contributed by atoms with Crippen molar-refractivity contribution < 1.29 is 9.59 Å². The second-order valence-corrected chi connectivity index (χ2v) is 4.81. The average molecular weight is 308 g/mol. The molecule has 0 rings (SSSR count). The van der Waals surface area contributed by atoms with Crippen LogP contribution in [0, 0.1) is 0 Å². The van der Waals surface area contributed by atoms with Crippen molar-refractivity contribution in [1.29, 1.82) is 0 Å². The Bertz CT molecular complexity index is 282. The minimum absolute atomic E-state index is 0. The topological polar surface area (TPSA) is 75.4 Å². The van der Waals surface area contributed by atoms with E-state index in [4.69, 9.17) is 5.73 Å². The van der Waals surface area contributed by atoms with Gasteiger partial charge in [0.1, 0.15) is 0 Å². The van der Waals surface area contributed by atoms with Crippen LogP contribution in [0.15, 0.2) is 0 Å². The Morgan fingerprint density at radius 3 is 1.90 bits per heavy atom. The predicted molar refractivity (Wildman–Crippen MR) is 84.9 cm³/mol. The first-order valence-corrected chi connectivity index (χ1v) is 7.27. The van der Waals surface area contributed by atoms with Crippen molar-refractivity contribution in [1.82, 2.24) is 10.2 Å². The molecule has 0 radical (unpaired) electrons. The van der Waals surface area contributed by atoms with Crippen LogP contribution >= 0.6 is 12.4 Å². The number of nitrogens with zero attached hydrogens (tertiary/aromatic N) is 1. The average Bonchev–Trinajstić information content (AvgIpc) is 2.44. The summed E-state index contributed by atoms with van der Waals surface area (Å²) >= 11 is 0. The van der Waals surface area contributed by atoms with E-state index < -0.39 is 0 Å². The molecule has 2 amide bonds. The van der Waals surface area contributed by atoms with Crippen molar-refractivity contribution in [3.8, 4) is 0 Å². The van der Waals surface area contributed by atoms with Crippen LogP contribution in [-0.4, -0.2) is 41.9 Å². The van der Waals surface area contributed by atoms with Crippen LogP contribution in [0.1, 0.15) is 53.4 Å². The third kappa shape index (κ3) is 6.57. The summed E-state index contributed by atoms with van der Waals surface area (Å²) in [6.45, 7) is 9.70. The molecule has 0 aliphatic rings. The highest BCUT2D eigenvalue weighted by molar-refractivity contribution is 5.85. The van der Waals surface area contributed by atoms with Gasteiger partial charge in [0.15, 0.2) is 0 Å². The molecule has 120 valence electrons. The summed E-state index contributed by atoms with van der Waals surface area (Å²) in [6.07, 6.45) is 2.10. The molecule has 0 aliphatic carbocycles. The second kappa shape index (κ2) is 10.9. The summed E-state index contributed by atoms with van der Waals surface area (Å²) in [5, 5.41) is 2.98. The fraction of sp³-hybridized carbons (Fsp3) is 0.857. The number of hydrogen-bond acceptors (Lipinski definition) is 3. The molecule has 6 heteroatoms. The molecule has 0 spiro atoms. The van der Waals surface area contributed by atoms with Crippen LogP contribution in [0.2, 0.25) is 0 Å². The molecule has 0 aromatic rings. The van der Waals surface area contributed by atoms with E-state index in [1.807, 2.05) is 27.7 Å². The third-order valence-corrected chi connectivity index (χ3v) is 3.83. The van der Waals surface area contributed by atoms with Gasteiger partial charge in [-0.3, -0.25) is 9.59 Å². The van der Waals surface area contributed by atoms with Crippen molar-refractivity contribution in [2.24, 2.45) is 5.73 Å². The molecule has 0 aromatic carbocycles. The van der Waals surface area contributed by atoms with E-state index in [-0.39, 0.29) is 42.6 Å². The van der Waals surface area contributed by atoms with Crippen LogP contribution in [0.25, 0.3) is 0 Å². The molecule has 0 aliphatic heterocycles. The zero-order chi connectivity index (χ0) is 14.9. The van der Waals surface area contributed by atoms with E-state index in [1.54, 1.807) is 4.90 Å². The van der Waals surface area contributed by atoms with Gasteiger partial charge in [0.05, 0.1) is 5.54 Å². The molecule has 0 unspecified atom stereocenters.